The van der Waals surface area contributed by atoms with Crippen LogP contribution in [0.15, 0.2) is 97.1 Å². The van der Waals surface area contributed by atoms with Crippen molar-refractivity contribution in [2.45, 2.75) is 39.7 Å². The third-order valence-corrected chi connectivity index (χ3v) is 6.37. The molecular formula is C34H31N3O4. The molecule has 4 aromatic carbocycles. The van der Waals surface area contributed by atoms with Gasteiger partial charge in [0.05, 0.1) is 17.2 Å². The zero-order chi connectivity index (χ0) is 29.8. The Bertz CT molecular complexity index is 1540. The minimum atomic E-state index is -0.745. The molecule has 0 bridgehead atoms. The smallest absolute Gasteiger partial charge is 0.330 e. The molecule has 2 aliphatic rings. The summed E-state index contributed by atoms with van der Waals surface area (Å²) in [5, 5.41) is 15.0. The number of nitrogens with zero attached hydrogens (tertiary/aromatic N) is 3. The maximum atomic E-state index is 11.6. The monoisotopic (exact) mass is 545 g/mol. The Morgan fingerprint density at radius 1 is 0.756 bits per heavy atom. The second-order valence-corrected chi connectivity index (χ2v) is 8.91. The predicted molar refractivity (Wildman–Crippen MR) is 158 cm³/mol. The molecule has 0 unspecified atom stereocenters. The zero-order valence-electron chi connectivity index (χ0n) is 23.2. The van der Waals surface area contributed by atoms with Gasteiger partial charge >= 0.3 is 17.7 Å². The highest BCUT2D eigenvalue weighted by Gasteiger charge is 2.31. The molecule has 0 radical (unpaired) electrons. The van der Waals surface area contributed by atoms with Crippen LogP contribution in [0.2, 0.25) is 0 Å². The minimum absolute atomic E-state index is 0.161. The molecule has 0 saturated carbocycles. The first kappa shape index (κ1) is 30.2. The lowest BCUT2D eigenvalue weighted by molar-refractivity contribution is -0.147. The van der Waals surface area contributed by atoms with Crippen molar-refractivity contribution in [3.63, 3.8) is 0 Å². The van der Waals surface area contributed by atoms with Crippen molar-refractivity contribution < 1.29 is 24.2 Å². The van der Waals surface area contributed by atoms with Crippen molar-refractivity contribution in [1.82, 2.24) is 0 Å². The van der Waals surface area contributed by atoms with Crippen LogP contribution in [-0.4, -0.2) is 27.5 Å². The molecule has 41 heavy (non-hydrogen) atoms. The van der Waals surface area contributed by atoms with Crippen LogP contribution in [0.5, 0.6) is 0 Å². The molecular weight excluding hydrogens is 514 g/mol. The quantitative estimate of drug-likeness (QED) is 0.143. The summed E-state index contributed by atoms with van der Waals surface area (Å²) in [6.07, 6.45) is 0.380. The fourth-order valence-corrected chi connectivity index (χ4v) is 4.55. The van der Waals surface area contributed by atoms with E-state index in [1.807, 2.05) is 91.9 Å². The second kappa shape index (κ2) is 14.7. The molecule has 7 nitrogen and oxygen atoms in total. The van der Waals surface area contributed by atoms with Gasteiger partial charge in [-0.3, -0.25) is 9.59 Å². The number of carboxylic acids is 1. The van der Waals surface area contributed by atoms with E-state index in [0.717, 1.165) is 33.4 Å². The summed E-state index contributed by atoms with van der Waals surface area (Å²) in [6.45, 7) is 4.84. The number of carbonyl (C=O) groups is 2. The van der Waals surface area contributed by atoms with Gasteiger partial charge in [-0.2, -0.15) is 10.1 Å². The molecule has 0 heterocycles. The van der Waals surface area contributed by atoms with Gasteiger partial charge in [0.15, 0.2) is 6.10 Å². The molecule has 0 aromatic heterocycles. The van der Waals surface area contributed by atoms with Gasteiger partial charge in [-0.05, 0) is 34.4 Å². The van der Waals surface area contributed by atoms with Crippen LogP contribution in [0.1, 0.15) is 62.0 Å². The van der Waals surface area contributed by atoms with Crippen LogP contribution in [0.25, 0.3) is 27.8 Å². The molecule has 2 aliphatic carbocycles. The Morgan fingerprint density at radius 3 is 1.44 bits per heavy atom. The number of esters is 1. The van der Waals surface area contributed by atoms with Crippen LogP contribution >= 0.6 is 0 Å². The average molecular weight is 546 g/mol. The fourth-order valence-electron chi connectivity index (χ4n) is 4.55. The molecule has 7 heteroatoms. The van der Waals surface area contributed by atoms with E-state index >= 15 is 0 Å². The van der Waals surface area contributed by atoms with E-state index in [4.69, 9.17) is 20.6 Å². The number of nitriles is 1. The SMILES string of the molecule is CC#N.CCC(=O)O.CCC(=O)OC1c2ccccc2-c2ccccc21.[N-]=[N+]=C1c2ccccc2-c2ccccc21. The predicted octanol–water partition coefficient (Wildman–Crippen LogP) is 7.45. The first-order chi connectivity index (χ1) is 19.9. The number of aliphatic carboxylic acids is 1. The van der Waals surface area contributed by atoms with Crippen molar-refractivity contribution in [2.75, 3.05) is 0 Å². The van der Waals surface area contributed by atoms with E-state index in [1.165, 1.54) is 18.1 Å². The maximum Gasteiger partial charge on any atom is 0.330 e. The van der Waals surface area contributed by atoms with E-state index in [1.54, 1.807) is 13.0 Å². The third-order valence-electron chi connectivity index (χ3n) is 6.37. The van der Waals surface area contributed by atoms with Crippen LogP contribution in [0.3, 0.4) is 0 Å². The van der Waals surface area contributed by atoms with Crippen molar-refractivity contribution in [3.8, 4) is 28.3 Å². The van der Waals surface area contributed by atoms with E-state index in [-0.39, 0.29) is 18.5 Å². The third kappa shape index (κ3) is 7.02. The summed E-state index contributed by atoms with van der Waals surface area (Å²) in [7, 11) is 0. The molecule has 0 atom stereocenters. The lowest BCUT2D eigenvalue weighted by Crippen LogP contribution is -2.09. The zero-order valence-corrected chi connectivity index (χ0v) is 23.2. The van der Waals surface area contributed by atoms with Gasteiger partial charge in [0, 0.05) is 30.9 Å². The summed E-state index contributed by atoms with van der Waals surface area (Å²) >= 11 is 0. The standard InChI is InChI=1S/C16H14O2.C13H8N2.C3H6O2.C2H3N/c1-2-15(17)18-16-13-9-5-3-7-11(13)12-8-4-6-10-14(12)16;14-15-13-11-7-3-1-5-9(11)10-6-2-4-8-12(10)13;1-2-3(4)5;1-2-3/h3-10,16H,2H2,1H3;1-8H;2H2,1H3,(H,4,5);1H3. The number of rotatable bonds is 3. The van der Waals surface area contributed by atoms with Crippen molar-refractivity contribution >= 4 is 17.7 Å². The van der Waals surface area contributed by atoms with Gasteiger partial charge in [-0.25, -0.2) is 0 Å². The highest BCUT2D eigenvalue weighted by molar-refractivity contribution is 6.21. The summed E-state index contributed by atoms with van der Waals surface area (Å²) in [4.78, 5) is 24.3. The molecule has 0 saturated heterocycles. The van der Waals surface area contributed by atoms with Crippen molar-refractivity contribution in [3.05, 3.63) is 125 Å². The lowest BCUT2D eigenvalue weighted by atomic mass is 10.1. The van der Waals surface area contributed by atoms with Gasteiger partial charge in [0.25, 0.3) is 0 Å². The van der Waals surface area contributed by atoms with Crippen molar-refractivity contribution in [1.29, 1.82) is 5.26 Å². The van der Waals surface area contributed by atoms with Gasteiger partial charge in [0.1, 0.15) is 0 Å². The number of carboxylic acid groups (broad SMARTS) is 1. The second-order valence-electron chi connectivity index (χ2n) is 8.91. The number of carbonyl (C=O) groups excluding carboxylic acids is 1. The molecule has 206 valence electrons. The summed E-state index contributed by atoms with van der Waals surface area (Å²) in [6, 6.07) is 33.9. The molecule has 0 aliphatic heterocycles. The number of fused-ring (bicyclic) bond motifs is 6. The lowest BCUT2D eigenvalue weighted by Gasteiger charge is -2.14. The van der Waals surface area contributed by atoms with Gasteiger partial charge in [0.2, 0.25) is 0 Å². The fraction of sp³-hybridized carbons (Fsp3) is 0.176. The number of hydrogen-bond acceptors (Lipinski definition) is 4. The minimum Gasteiger partial charge on any atom is -0.481 e. The molecule has 6 rings (SSSR count). The van der Waals surface area contributed by atoms with E-state index < -0.39 is 5.97 Å². The van der Waals surface area contributed by atoms with E-state index in [0.29, 0.717) is 12.1 Å². The molecule has 0 spiro atoms. The van der Waals surface area contributed by atoms with Crippen LogP contribution in [-0.2, 0) is 14.3 Å². The number of hydrogen-bond donors (Lipinski definition) is 1. The Kier molecular flexibility index (Phi) is 10.9. The summed E-state index contributed by atoms with van der Waals surface area (Å²) in [5.74, 6) is -0.906. The largest absolute Gasteiger partial charge is 0.481 e. The van der Waals surface area contributed by atoms with Crippen LogP contribution in [0, 0.1) is 11.3 Å². The highest BCUT2D eigenvalue weighted by Crippen LogP contribution is 2.45. The number of ether oxygens (including phenoxy) is 1. The molecule has 1 N–H and O–H groups in total. The first-order valence-electron chi connectivity index (χ1n) is 13.2. The van der Waals surface area contributed by atoms with Gasteiger partial charge in [-0.1, -0.05) is 98.8 Å². The molecule has 0 amide bonds. The molecule has 4 aromatic rings. The normalized spacial score (nSPS) is 11.1. The molecule has 0 fully saturated rings. The highest BCUT2D eigenvalue weighted by atomic mass is 16.5. The Hall–Kier alpha value is -5.31. The Morgan fingerprint density at radius 2 is 1.10 bits per heavy atom. The summed E-state index contributed by atoms with van der Waals surface area (Å²) in [5.41, 5.74) is 18.5. The van der Waals surface area contributed by atoms with Gasteiger partial charge < -0.3 is 15.4 Å². The van der Waals surface area contributed by atoms with Crippen LogP contribution < -0.4 is 0 Å². The topological polar surface area (TPSA) is 124 Å². The Labute approximate surface area is 239 Å². The summed E-state index contributed by atoms with van der Waals surface area (Å²) < 4.78 is 5.57. The number of benzene rings is 4. The van der Waals surface area contributed by atoms with E-state index in [2.05, 4.69) is 16.9 Å². The van der Waals surface area contributed by atoms with Gasteiger partial charge in [-0.15, -0.1) is 0 Å². The first-order valence-corrected chi connectivity index (χ1v) is 13.2. The van der Waals surface area contributed by atoms with Crippen molar-refractivity contribution in [2.24, 2.45) is 0 Å². The maximum absolute atomic E-state index is 11.6. The Balaban J connectivity index is 0.000000181. The van der Waals surface area contributed by atoms with E-state index in [9.17, 15) is 9.59 Å². The van der Waals surface area contributed by atoms with Crippen LogP contribution in [0.4, 0.5) is 0 Å². The average Bonchev–Trinajstić information content (AvgIpc) is 3.51.